The van der Waals surface area contributed by atoms with Crippen LogP contribution >= 0.6 is 11.6 Å². The standard InChI is InChI=1S/C17H11ClN2O3S/c18-12-7-5-11(6-8-12)14-9-10-15(23-14)17-19-13-3-1-2-4-16(13)24(21,22)20-17/h1-10H,(H,19,20). The molecule has 1 aliphatic rings. The summed E-state index contributed by atoms with van der Waals surface area (Å²) < 4.78 is 34.1. The minimum absolute atomic E-state index is 0.151. The molecule has 1 aliphatic heterocycles. The highest BCUT2D eigenvalue weighted by molar-refractivity contribution is 7.90. The second-order valence-corrected chi connectivity index (χ2v) is 7.22. The molecule has 0 atom stereocenters. The molecule has 3 aromatic rings. The number of furan rings is 1. The van der Waals surface area contributed by atoms with Crippen molar-refractivity contribution in [1.82, 2.24) is 0 Å². The minimum Gasteiger partial charge on any atom is -0.453 e. The van der Waals surface area contributed by atoms with Gasteiger partial charge in [-0.3, -0.25) is 0 Å². The number of anilines is 1. The molecule has 120 valence electrons. The molecule has 2 aromatic carbocycles. The molecule has 0 unspecified atom stereocenters. The number of para-hydroxylation sites is 1. The number of amidine groups is 1. The summed E-state index contributed by atoms with van der Waals surface area (Å²) in [6, 6.07) is 17.2. The summed E-state index contributed by atoms with van der Waals surface area (Å²) in [5.74, 6) is 1.11. The maximum atomic E-state index is 12.3. The first-order valence-corrected chi connectivity index (χ1v) is 8.92. The Balaban J connectivity index is 1.73. The van der Waals surface area contributed by atoms with Crippen LogP contribution in [0.4, 0.5) is 5.69 Å². The van der Waals surface area contributed by atoms with E-state index in [9.17, 15) is 8.42 Å². The van der Waals surface area contributed by atoms with Gasteiger partial charge in [-0.15, -0.1) is 4.40 Å². The number of halogens is 1. The Labute approximate surface area is 143 Å². The lowest BCUT2D eigenvalue weighted by Crippen LogP contribution is -2.21. The highest BCUT2D eigenvalue weighted by Gasteiger charge is 2.26. The molecule has 24 heavy (non-hydrogen) atoms. The van der Waals surface area contributed by atoms with Gasteiger partial charge in [0.15, 0.2) is 11.6 Å². The van der Waals surface area contributed by atoms with E-state index in [0.29, 0.717) is 22.2 Å². The van der Waals surface area contributed by atoms with Crippen LogP contribution < -0.4 is 5.32 Å². The van der Waals surface area contributed by atoms with Gasteiger partial charge in [0.05, 0.1) is 5.69 Å². The maximum Gasteiger partial charge on any atom is 0.286 e. The lowest BCUT2D eigenvalue weighted by molar-refractivity contribution is 0.570. The zero-order valence-electron chi connectivity index (χ0n) is 12.2. The lowest BCUT2D eigenvalue weighted by atomic mass is 10.2. The zero-order valence-corrected chi connectivity index (χ0v) is 13.8. The van der Waals surface area contributed by atoms with Crippen LogP contribution in [0.2, 0.25) is 5.02 Å². The van der Waals surface area contributed by atoms with Crippen molar-refractivity contribution < 1.29 is 12.8 Å². The van der Waals surface area contributed by atoms with E-state index in [2.05, 4.69) is 9.71 Å². The Morgan fingerprint density at radius 3 is 2.42 bits per heavy atom. The molecule has 0 saturated heterocycles. The maximum absolute atomic E-state index is 12.3. The number of sulfonamides is 1. The van der Waals surface area contributed by atoms with Crippen LogP contribution in [-0.4, -0.2) is 14.3 Å². The van der Waals surface area contributed by atoms with Crippen LogP contribution in [-0.2, 0) is 10.0 Å². The van der Waals surface area contributed by atoms with Crippen LogP contribution in [0.1, 0.15) is 5.76 Å². The van der Waals surface area contributed by atoms with Crippen LogP contribution in [0.3, 0.4) is 0 Å². The summed E-state index contributed by atoms with van der Waals surface area (Å²) in [7, 11) is -3.75. The van der Waals surface area contributed by atoms with Crippen LogP contribution in [0.25, 0.3) is 11.3 Å². The molecule has 0 radical (unpaired) electrons. The van der Waals surface area contributed by atoms with E-state index in [-0.39, 0.29) is 10.7 Å². The molecule has 0 bridgehead atoms. The smallest absolute Gasteiger partial charge is 0.286 e. The Kier molecular flexibility index (Phi) is 3.44. The fraction of sp³-hybridized carbons (Fsp3) is 0. The third-order valence-electron chi connectivity index (χ3n) is 3.60. The first-order valence-electron chi connectivity index (χ1n) is 7.10. The molecular weight excluding hydrogens is 348 g/mol. The summed E-state index contributed by atoms with van der Waals surface area (Å²) in [6.07, 6.45) is 0. The number of hydrogen-bond acceptors (Lipinski definition) is 4. The number of hydrogen-bond donors (Lipinski definition) is 1. The van der Waals surface area contributed by atoms with Crippen molar-refractivity contribution in [2.45, 2.75) is 4.90 Å². The third kappa shape index (κ3) is 2.60. The highest BCUT2D eigenvalue weighted by Crippen LogP contribution is 2.30. The van der Waals surface area contributed by atoms with Gasteiger partial charge in [0.25, 0.3) is 10.0 Å². The van der Waals surface area contributed by atoms with Gasteiger partial charge >= 0.3 is 0 Å². The topological polar surface area (TPSA) is 71.7 Å². The van der Waals surface area contributed by atoms with Crippen LogP contribution in [0.5, 0.6) is 0 Å². The van der Waals surface area contributed by atoms with Gasteiger partial charge in [-0.2, -0.15) is 8.42 Å². The summed E-state index contributed by atoms with van der Waals surface area (Å²) >= 11 is 5.88. The summed E-state index contributed by atoms with van der Waals surface area (Å²) in [6.45, 7) is 0. The van der Waals surface area contributed by atoms with Crippen molar-refractivity contribution in [2.24, 2.45) is 4.40 Å². The normalized spacial score (nSPS) is 15.3. The van der Waals surface area contributed by atoms with E-state index in [1.807, 2.05) is 12.1 Å². The molecule has 1 aromatic heterocycles. The van der Waals surface area contributed by atoms with Crippen molar-refractivity contribution in [3.63, 3.8) is 0 Å². The van der Waals surface area contributed by atoms with Crippen molar-refractivity contribution in [3.8, 4) is 11.3 Å². The molecule has 1 N–H and O–H groups in total. The first-order chi connectivity index (χ1) is 11.5. The van der Waals surface area contributed by atoms with Gasteiger partial charge in [-0.1, -0.05) is 23.7 Å². The Bertz CT molecular complexity index is 1050. The Morgan fingerprint density at radius 1 is 0.917 bits per heavy atom. The quantitative estimate of drug-likeness (QED) is 0.746. The number of fused-ring (bicyclic) bond motifs is 1. The van der Waals surface area contributed by atoms with E-state index in [4.69, 9.17) is 16.0 Å². The molecule has 0 aliphatic carbocycles. The average Bonchev–Trinajstić information content (AvgIpc) is 3.05. The van der Waals surface area contributed by atoms with Crippen molar-refractivity contribution in [3.05, 3.63) is 71.4 Å². The molecular formula is C17H11ClN2O3S. The van der Waals surface area contributed by atoms with Gasteiger partial charge in [0, 0.05) is 10.6 Å². The van der Waals surface area contributed by atoms with E-state index in [1.165, 1.54) is 6.07 Å². The SMILES string of the molecule is O=S1(=O)N=C(c2ccc(-c3ccc(Cl)cc3)o2)Nc2ccccc21. The zero-order chi connectivity index (χ0) is 16.7. The van der Waals surface area contributed by atoms with E-state index < -0.39 is 10.0 Å². The summed E-state index contributed by atoms with van der Waals surface area (Å²) in [4.78, 5) is 0.151. The van der Waals surface area contributed by atoms with Crippen molar-refractivity contribution >= 4 is 33.1 Å². The van der Waals surface area contributed by atoms with Crippen LogP contribution in [0.15, 0.2) is 74.4 Å². The fourth-order valence-electron chi connectivity index (χ4n) is 2.46. The van der Waals surface area contributed by atoms with Gasteiger partial charge in [0.2, 0.25) is 0 Å². The minimum atomic E-state index is -3.75. The number of benzene rings is 2. The van der Waals surface area contributed by atoms with E-state index >= 15 is 0 Å². The lowest BCUT2D eigenvalue weighted by Gasteiger charge is -2.16. The average molecular weight is 359 g/mol. The van der Waals surface area contributed by atoms with Crippen molar-refractivity contribution in [1.29, 1.82) is 0 Å². The predicted molar refractivity (Wildman–Crippen MR) is 92.9 cm³/mol. The van der Waals surface area contributed by atoms with Gasteiger partial charge in [-0.05, 0) is 48.5 Å². The number of nitrogens with zero attached hydrogens (tertiary/aromatic N) is 1. The van der Waals surface area contributed by atoms with E-state index in [1.54, 1.807) is 42.5 Å². The van der Waals surface area contributed by atoms with Crippen molar-refractivity contribution in [2.75, 3.05) is 5.32 Å². The fourth-order valence-corrected chi connectivity index (χ4v) is 3.70. The number of nitrogens with one attached hydrogen (secondary N) is 1. The van der Waals surface area contributed by atoms with Gasteiger partial charge in [0.1, 0.15) is 10.7 Å². The molecule has 2 heterocycles. The molecule has 0 saturated carbocycles. The van der Waals surface area contributed by atoms with Gasteiger partial charge in [-0.25, -0.2) is 0 Å². The summed E-state index contributed by atoms with van der Waals surface area (Å²) in [5, 5.41) is 3.63. The molecule has 5 nitrogen and oxygen atoms in total. The predicted octanol–water partition coefficient (Wildman–Crippen LogP) is 4.16. The highest BCUT2D eigenvalue weighted by atomic mass is 35.5. The molecule has 7 heteroatoms. The molecule has 0 amide bonds. The largest absolute Gasteiger partial charge is 0.453 e. The van der Waals surface area contributed by atoms with Gasteiger partial charge < -0.3 is 9.73 Å². The monoisotopic (exact) mass is 358 g/mol. The molecule has 0 fully saturated rings. The third-order valence-corrected chi connectivity index (χ3v) is 5.18. The van der Waals surface area contributed by atoms with Crippen LogP contribution in [0, 0.1) is 0 Å². The first kappa shape index (κ1) is 15.0. The van der Waals surface area contributed by atoms with E-state index in [0.717, 1.165) is 5.56 Å². The molecule has 4 rings (SSSR count). The second-order valence-electron chi connectivity index (χ2n) is 5.21. The Hall–Kier alpha value is -2.57. The molecule has 0 spiro atoms. The summed E-state index contributed by atoms with van der Waals surface area (Å²) in [5.41, 5.74) is 1.32. The Morgan fingerprint density at radius 2 is 1.62 bits per heavy atom. The second kappa shape index (κ2) is 5.51. The number of rotatable bonds is 2.